The van der Waals surface area contributed by atoms with Gasteiger partial charge in [0, 0.05) is 36.1 Å². The van der Waals surface area contributed by atoms with Crippen molar-refractivity contribution in [3.05, 3.63) is 52.0 Å². The Kier molecular flexibility index (Phi) is 4.92. The lowest BCUT2D eigenvalue weighted by atomic mass is 10.2. The van der Waals surface area contributed by atoms with Crippen LogP contribution in [0.5, 0.6) is 0 Å². The average Bonchev–Trinajstić information content (AvgIpc) is 3.13. The number of hydrogen-bond donors (Lipinski definition) is 1. The lowest BCUT2D eigenvalue weighted by Crippen LogP contribution is -2.36. The van der Waals surface area contributed by atoms with Gasteiger partial charge in [-0.25, -0.2) is 8.42 Å². The number of anilines is 2. The van der Waals surface area contributed by atoms with E-state index in [0.717, 1.165) is 5.41 Å². The predicted octanol–water partition coefficient (Wildman–Crippen LogP) is 2.64. The zero-order chi connectivity index (χ0) is 19.7. The van der Waals surface area contributed by atoms with Crippen LogP contribution < -0.4 is 15.1 Å². The van der Waals surface area contributed by atoms with Crippen molar-refractivity contribution in [1.29, 1.82) is 0 Å². The van der Waals surface area contributed by atoms with E-state index in [0.29, 0.717) is 59.4 Å². The molecule has 0 unspecified atom stereocenters. The van der Waals surface area contributed by atoms with Crippen LogP contribution in [0.25, 0.3) is 21.5 Å². The van der Waals surface area contributed by atoms with Crippen LogP contribution in [0.1, 0.15) is 0 Å². The number of nitrogens with zero attached hydrogens (tertiary/aromatic N) is 2. The van der Waals surface area contributed by atoms with Gasteiger partial charge in [0.2, 0.25) is 5.43 Å². The van der Waals surface area contributed by atoms with Gasteiger partial charge in [0.05, 0.1) is 30.2 Å². The SMILES string of the molecule is C=CS(=O)(=O)Nc1ccnc(-c2csc3c(=O)cc(N4CCOCC4)oc23)c1. The monoisotopic (exact) mass is 419 g/mol. The molecule has 0 aliphatic carbocycles. The largest absolute Gasteiger partial charge is 0.439 e. The molecule has 1 fully saturated rings. The van der Waals surface area contributed by atoms with Crippen LogP contribution in [0.15, 0.2) is 51.0 Å². The molecule has 1 aliphatic heterocycles. The zero-order valence-corrected chi connectivity index (χ0v) is 16.4. The molecule has 0 atom stereocenters. The van der Waals surface area contributed by atoms with Crippen LogP contribution >= 0.6 is 11.3 Å². The van der Waals surface area contributed by atoms with Crippen LogP contribution in [0.2, 0.25) is 0 Å². The highest BCUT2D eigenvalue weighted by atomic mass is 32.2. The molecule has 146 valence electrons. The van der Waals surface area contributed by atoms with Crippen LogP contribution in [0.4, 0.5) is 11.6 Å². The molecule has 10 heteroatoms. The van der Waals surface area contributed by atoms with E-state index in [4.69, 9.17) is 9.15 Å². The van der Waals surface area contributed by atoms with E-state index in [-0.39, 0.29) is 5.43 Å². The Bertz CT molecular complexity index is 1190. The fourth-order valence-corrected chi connectivity index (χ4v) is 4.33. The Labute approximate surface area is 165 Å². The maximum Gasteiger partial charge on any atom is 0.254 e. The molecule has 3 aromatic rings. The number of sulfonamides is 1. The molecule has 3 aromatic heterocycles. The molecule has 28 heavy (non-hydrogen) atoms. The molecule has 8 nitrogen and oxygen atoms in total. The predicted molar refractivity (Wildman–Crippen MR) is 109 cm³/mol. The van der Waals surface area contributed by atoms with Gasteiger partial charge >= 0.3 is 0 Å². The van der Waals surface area contributed by atoms with Gasteiger partial charge in [0.15, 0.2) is 11.5 Å². The minimum atomic E-state index is -3.63. The van der Waals surface area contributed by atoms with Gasteiger partial charge in [-0.15, -0.1) is 11.3 Å². The Morgan fingerprint density at radius 3 is 2.82 bits per heavy atom. The molecule has 0 aromatic carbocycles. The van der Waals surface area contributed by atoms with Crippen molar-refractivity contribution in [2.45, 2.75) is 0 Å². The zero-order valence-electron chi connectivity index (χ0n) is 14.8. The van der Waals surface area contributed by atoms with Crippen molar-refractivity contribution in [1.82, 2.24) is 4.98 Å². The lowest BCUT2D eigenvalue weighted by molar-refractivity contribution is 0.121. The third-order valence-corrected chi connectivity index (χ3v) is 6.20. The summed E-state index contributed by atoms with van der Waals surface area (Å²) in [5.74, 6) is 0.490. The highest BCUT2D eigenvalue weighted by molar-refractivity contribution is 7.95. The maximum atomic E-state index is 12.5. The van der Waals surface area contributed by atoms with E-state index in [1.54, 1.807) is 11.4 Å². The van der Waals surface area contributed by atoms with Crippen LogP contribution in [0.3, 0.4) is 0 Å². The number of thiophene rings is 1. The molecule has 1 saturated heterocycles. The fourth-order valence-electron chi connectivity index (χ4n) is 2.89. The van der Waals surface area contributed by atoms with Crippen molar-refractivity contribution >= 4 is 43.2 Å². The van der Waals surface area contributed by atoms with E-state index in [9.17, 15) is 13.2 Å². The molecule has 0 radical (unpaired) electrons. The normalized spacial score (nSPS) is 14.9. The summed E-state index contributed by atoms with van der Waals surface area (Å²) in [5.41, 5.74) is 1.79. The molecule has 0 spiro atoms. The first kappa shape index (κ1) is 18.7. The number of ether oxygens (including phenoxy) is 1. The van der Waals surface area contributed by atoms with Crippen molar-refractivity contribution in [3.8, 4) is 11.3 Å². The molecule has 0 bridgehead atoms. The molecular weight excluding hydrogens is 402 g/mol. The number of fused-ring (bicyclic) bond motifs is 1. The molecule has 4 rings (SSSR count). The van der Waals surface area contributed by atoms with Gasteiger partial charge in [0.25, 0.3) is 10.0 Å². The molecule has 1 N–H and O–H groups in total. The van der Waals surface area contributed by atoms with Crippen LogP contribution in [-0.2, 0) is 14.8 Å². The van der Waals surface area contributed by atoms with Crippen molar-refractivity contribution in [2.75, 3.05) is 35.9 Å². The Balaban J connectivity index is 1.78. The smallest absolute Gasteiger partial charge is 0.254 e. The Morgan fingerprint density at radius 1 is 1.29 bits per heavy atom. The van der Waals surface area contributed by atoms with Gasteiger partial charge in [-0.1, -0.05) is 6.58 Å². The summed E-state index contributed by atoms with van der Waals surface area (Å²) in [7, 11) is -3.63. The molecule has 4 heterocycles. The number of morpholine rings is 1. The topological polar surface area (TPSA) is 102 Å². The van der Waals surface area contributed by atoms with Gasteiger partial charge in [0.1, 0.15) is 4.70 Å². The summed E-state index contributed by atoms with van der Waals surface area (Å²) in [5, 5.41) is 2.62. The lowest BCUT2D eigenvalue weighted by Gasteiger charge is -2.27. The van der Waals surface area contributed by atoms with Gasteiger partial charge in [-0.3, -0.25) is 14.5 Å². The highest BCUT2D eigenvalue weighted by Crippen LogP contribution is 2.34. The summed E-state index contributed by atoms with van der Waals surface area (Å²) in [4.78, 5) is 18.8. The number of rotatable bonds is 5. The van der Waals surface area contributed by atoms with Crippen LogP contribution in [0, 0.1) is 0 Å². The molecule has 0 amide bonds. The van der Waals surface area contributed by atoms with E-state index < -0.39 is 10.0 Å². The summed E-state index contributed by atoms with van der Waals surface area (Å²) < 4.78 is 37.7. The summed E-state index contributed by atoms with van der Waals surface area (Å²) in [6, 6.07) is 4.62. The van der Waals surface area contributed by atoms with E-state index >= 15 is 0 Å². The van der Waals surface area contributed by atoms with Gasteiger partial charge < -0.3 is 14.1 Å². The number of hydrogen-bond acceptors (Lipinski definition) is 8. The second kappa shape index (κ2) is 7.38. The first-order valence-electron chi connectivity index (χ1n) is 8.46. The summed E-state index contributed by atoms with van der Waals surface area (Å²) >= 11 is 1.27. The Morgan fingerprint density at radius 2 is 2.07 bits per heavy atom. The fraction of sp³-hybridized carbons (Fsp3) is 0.222. The Hall–Kier alpha value is -2.69. The van der Waals surface area contributed by atoms with Crippen molar-refractivity contribution in [3.63, 3.8) is 0 Å². The molecule has 0 saturated carbocycles. The van der Waals surface area contributed by atoms with Crippen molar-refractivity contribution in [2.24, 2.45) is 0 Å². The third kappa shape index (κ3) is 3.66. The number of nitrogens with one attached hydrogen (secondary N) is 1. The quantitative estimate of drug-likeness (QED) is 0.678. The maximum absolute atomic E-state index is 12.5. The minimum Gasteiger partial charge on any atom is -0.439 e. The van der Waals surface area contributed by atoms with Gasteiger partial charge in [-0.2, -0.15) is 0 Å². The second-order valence-corrected chi connectivity index (χ2v) is 8.61. The summed E-state index contributed by atoms with van der Waals surface area (Å²) in [6.07, 6.45) is 1.49. The molecular formula is C18H17N3O5S2. The number of pyridine rings is 1. The first-order valence-corrected chi connectivity index (χ1v) is 10.9. The van der Waals surface area contributed by atoms with E-state index in [1.165, 1.54) is 29.7 Å². The van der Waals surface area contributed by atoms with Crippen LogP contribution in [-0.4, -0.2) is 39.7 Å². The summed E-state index contributed by atoms with van der Waals surface area (Å²) in [6.45, 7) is 5.71. The first-order chi connectivity index (χ1) is 13.5. The average molecular weight is 419 g/mol. The van der Waals surface area contributed by atoms with Gasteiger partial charge in [-0.05, 0) is 12.1 Å². The van der Waals surface area contributed by atoms with E-state index in [2.05, 4.69) is 16.3 Å². The number of aromatic nitrogens is 1. The minimum absolute atomic E-state index is 0.123. The van der Waals surface area contributed by atoms with Crippen molar-refractivity contribution < 1.29 is 17.6 Å². The highest BCUT2D eigenvalue weighted by Gasteiger charge is 2.19. The third-order valence-electron chi connectivity index (χ3n) is 4.27. The molecule has 1 aliphatic rings. The standard InChI is InChI=1S/C18H17N3O5S2/c1-2-28(23,24)20-12-3-4-19-14(9-12)13-11-27-18-15(22)10-16(26-17(13)18)21-5-7-25-8-6-21/h2-4,9-11H,1,5-8H2,(H,19,20). The second-order valence-electron chi connectivity index (χ2n) is 6.10. The van der Waals surface area contributed by atoms with E-state index in [1.807, 2.05) is 4.90 Å².